The molecule has 0 saturated heterocycles. The maximum Gasteiger partial charge on any atom is 0.0267 e. The van der Waals surface area contributed by atoms with Crippen LogP contribution in [0.15, 0.2) is 30.6 Å². The van der Waals surface area contributed by atoms with Crippen molar-refractivity contribution in [1.82, 2.24) is 4.98 Å². The van der Waals surface area contributed by atoms with Crippen molar-refractivity contribution in [2.45, 2.75) is 0 Å². The monoisotopic (exact) mass is 122 g/mol. The molecular weight excluding hydrogens is 116 g/mol. The molecule has 0 aliphatic carbocycles. The Balaban J connectivity index is 0.000000187. The molecule has 0 aliphatic heterocycles. The first-order chi connectivity index (χ1) is 4.41. The Hall–Kier alpha value is -1.54. The lowest BCUT2D eigenvalue weighted by Gasteiger charge is -1.70. The molecule has 0 bridgehead atoms. The van der Waals surface area contributed by atoms with Crippen LogP contribution < -0.4 is 0 Å². The van der Waals surface area contributed by atoms with Gasteiger partial charge in [-0.15, -0.1) is 5.53 Å². The summed E-state index contributed by atoms with van der Waals surface area (Å²) in [6.07, 6.45) is 3.50. The van der Waals surface area contributed by atoms with Gasteiger partial charge in [0.15, 0.2) is 0 Å². The van der Waals surface area contributed by atoms with E-state index in [0.29, 0.717) is 0 Å². The van der Waals surface area contributed by atoms with E-state index in [9.17, 15) is 0 Å². The molecule has 0 aromatic carbocycles. The molecular formula is C5H6N4. The third-order valence-electron chi connectivity index (χ3n) is 0.566. The molecule has 0 radical (unpaired) electrons. The molecule has 4 heteroatoms. The number of hydrogen-bond donors (Lipinski definition) is 1. The fourth-order valence-corrected chi connectivity index (χ4v) is 0.313. The zero-order valence-corrected chi connectivity index (χ0v) is 4.73. The first kappa shape index (κ1) is 7.46. The molecule has 1 aromatic heterocycles. The van der Waals surface area contributed by atoms with Crippen molar-refractivity contribution in [1.29, 1.82) is 5.53 Å². The third-order valence-corrected chi connectivity index (χ3v) is 0.566. The summed E-state index contributed by atoms with van der Waals surface area (Å²) in [6.45, 7) is 0. The van der Waals surface area contributed by atoms with E-state index in [0.717, 1.165) is 0 Å². The van der Waals surface area contributed by atoms with Crippen molar-refractivity contribution in [3.63, 3.8) is 0 Å². The van der Waals surface area contributed by atoms with Gasteiger partial charge in [0, 0.05) is 12.4 Å². The molecule has 4 nitrogen and oxygen atoms in total. The molecule has 0 fully saturated rings. The van der Waals surface area contributed by atoms with Crippen molar-refractivity contribution in [3.05, 3.63) is 41.0 Å². The van der Waals surface area contributed by atoms with Crippen molar-refractivity contribution < 1.29 is 0 Å². The van der Waals surface area contributed by atoms with E-state index in [1.807, 2.05) is 18.2 Å². The molecule has 46 valence electrons. The SMILES string of the molecule is [N-]=[N+]=N.c1ccncc1. The van der Waals surface area contributed by atoms with Gasteiger partial charge in [-0.25, -0.2) is 0 Å². The van der Waals surface area contributed by atoms with Gasteiger partial charge in [0.25, 0.3) is 0 Å². The Morgan fingerprint density at radius 1 is 1.22 bits per heavy atom. The lowest BCUT2D eigenvalue weighted by Crippen LogP contribution is -1.58. The van der Waals surface area contributed by atoms with Crippen LogP contribution in [0.5, 0.6) is 0 Å². The Morgan fingerprint density at radius 3 is 1.78 bits per heavy atom. The summed E-state index contributed by atoms with van der Waals surface area (Å²) in [4.78, 5) is 5.53. The normalized spacial score (nSPS) is 6.22. The Kier molecular flexibility index (Phi) is 5.35. The van der Waals surface area contributed by atoms with Gasteiger partial charge in [0.2, 0.25) is 0 Å². The van der Waals surface area contributed by atoms with Gasteiger partial charge >= 0.3 is 0 Å². The maximum absolute atomic E-state index is 6.86. The number of nitrogens with one attached hydrogen (secondary N) is 1. The summed E-state index contributed by atoms with van der Waals surface area (Å²) in [5.41, 5.74) is 12.2. The van der Waals surface area contributed by atoms with E-state index in [1.165, 1.54) is 0 Å². The minimum absolute atomic E-state index is 1.75. The minimum atomic E-state index is 1.75. The zero-order valence-electron chi connectivity index (χ0n) is 4.73. The second kappa shape index (κ2) is 6.46. The Labute approximate surface area is 52.6 Å². The molecule has 0 amide bonds. The van der Waals surface area contributed by atoms with Gasteiger partial charge in [0.1, 0.15) is 0 Å². The molecule has 0 atom stereocenters. The van der Waals surface area contributed by atoms with E-state index in [2.05, 4.69) is 4.98 Å². The smallest absolute Gasteiger partial charge is 0.0267 e. The molecule has 0 saturated carbocycles. The lowest BCUT2D eigenvalue weighted by molar-refractivity contribution is 1.33. The molecule has 1 aromatic rings. The molecule has 1 N–H and O–H groups in total. The summed E-state index contributed by atoms with van der Waals surface area (Å²) in [7, 11) is 0. The van der Waals surface area contributed by atoms with Gasteiger partial charge in [0.05, 0.1) is 0 Å². The van der Waals surface area contributed by atoms with Gasteiger partial charge in [-0.05, 0) is 22.6 Å². The standard InChI is InChI=1S/C5H5N.HN3/c1-2-4-6-5-3-1;1-3-2/h1-5H;1H. The second-order valence-corrected chi connectivity index (χ2v) is 1.12. The van der Waals surface area contributed by atoms with Crippen LogP contribution in [0, 0.1) is 5.53 Å². The summed E-state index contributed by atoms with van der Waals surface area (Å²) < 4.78 is 0. The molecule has 0 aliphatic rings. The van der Waals surface area contributed by atoms with Crippen LogP contribution in [0.2, 0.25) is 0 Å². The molecule has 0 unspecified atom stereocenters. The highest BCUT2D eigenvalue weighted by molar-refractivity contribution is 4.88. The van der Waals surface area contributed by atoms with E-state index in [4.69, 9.17) is 11.1 Å². The van der Waals surface area contributed by atoms with Crippen molar-refractivity contribution in [2.75, 3.05) is 0 Å². The quantitative estimate of drug-likeness (QED) is 0.319. The third kappa shape index (κ3) is 6.46. The fourth-order valence-electron chi connectivity index (χ4n) is 0.313. The summed E-state index contributed by atoms with van der Waals surface area (Å²) in [5.74, 6) is 0. The second-order valence-electron chi connectivity index (χ2n) is 1.12. The van der Waals surface area contributed by atoms with Gasteiger partial charge < -0.3 is 0 Å². The summed E-state index contributed by atoms with van der Waals surface area (Å²) in [5, 5.41) is 0. The van der Waals surface area contributed by atoms with Crippen molar-refractivity contribution in [3.8, 4) is 0 Å². The van der Waals surface area contributed by atoms with E-state index in [1.54, 1.807) is 17.3 Å². The molecule has 0 spiro atoms. The number of pyridine rings is 1. The summed E-state index contributed by atoms with van der Waals surface area (Å²) in [6, 6.07) is 5.72. The topological polar surface area (TPSA) is 73.1 Å². The number of rotatable bonds is 0. The molecule has 9 heavy (non-hydrogen) atoms. The molecule has 1 heterocycles. The predicted molar refractivity (Wildman–Crippen MR) is 33.7 cm³/mol. The lowest BCUT2D eigenvalue weighted by atomic mass is 10.5. The van der Waals surface area contributed by atoms with Gasteiger partial charge in [-0.2, -0.15) is 0 Å². The largest absolute Gasteiger partial charge is 0.265 e. The van der Waals surface area contributed by atoms with E-state index >= 15 is 0 Å². The van der Waals surface area contributed by atoms with E-state index < -0.39 is 0 Å². The van der Waals surface area contributed by atoms with Crippen LogP contribution >= 0.6 is 0 Å². The van der Waals surface area contributed by atoms with Crippen LogP contribution in [0.3, 0.4) is 0 Å². The van der Waals surface area contributed by atoms with Crippen molar-refractivity contribution >= 4 is 0 Å². The number of aromatic nitrogens is 1. The maximum atomic E-state index is 6.86. The first-order valence-electron chi connectivity index (χ1n) is 2.27. The molecule has 1 rings (SSSR count). The minimum Gasteiger partial charge on any atom is -0.265 e. The zero-order chi connectivity index (χ0) is 6.95. The predicted octanol–water partition coefficient (Wildman–Crippen LogP) is 1.96. The highest BCUT2D eigenvalue weighted by Gasteiger charge is 1.58. The van der Waals surface area contributed by atoms with E-state index in [-0.39, 0.29) is 0 Å². The average Bonchev–Trinajstić information content (AvgIpc) is 1.93. The first-order valence-corrected chi connectivity index (χ1v) is 2.27. The highest BCUT2D eigenvalue weighted by Crippen LogP contribution is 1.73. The highest BCUT2D eigenvalue weighted by atomic mass is 15.0. The number of nitrogens with zero attached hydrogens (tertiary/aromatic N) is 3. The fraction of sp³-hybridized carbons (Fsp3) is 0. The van der Waals surface area contributed by atoms with Crippen LogP contribution in [0.4, 0.5) is 0 Å². The Morgan fingerprint density at radius 2 is 1.67 bits per heavy atom. The Bertz CT molecular complexity index is 139. The van der Waals surface area contributed by atoms with Gasteiger partial charge in [-0.3, -0.25) is 4.98 Å². The summed E-state index contributed by atoms with van der Waals surface area (Å²) >= 11 is 0. The van der Waals surface area contributed by atoms with Crippen LogP contribution in [-0.2, 0) is 0 Å². The number of hydrogen-bond acceptors (Lipinski definition) is 2. The van der Waals surface area contributed by atoms with Crippen LogP contribution in [0.25, 0.3) is 10.4 Å². The van der Waals surface area contributed by atoms with Gasteiger partial charge in [-0.1, -0.05) is 6.07 Å². The van der Waals surface area contributed by atoms with Crippen LogP contribution in [0.1, 0.15) is 0 Å². The van der Waals surface area contributed by atoms with Crippen molar-refractivity contribution in [2.24, 2.45) is 0 Å². The van der Waals surface area contributed by atoms with Crippen LogP contribution in [-0.4, -0.2) is 4.98 Å². The average molecular weight is 122 g/mol.